The average molecular weight is 337 g/mol. The van der Waals surface area contributed by atoms with Crippen LogP contribution in [-0.2, 0) is 13.0 Å². The van der Waals surface area contributed by atoms with Crippen molar-refractivity contribution in [3.63, 3.8) is 0 Å². The highest BCUT2D eigenvalue weighted by molar-refractivity contribution is 5.81. The Labute approximate surface area is 148 Å². The number of imidazole rings is 1. The number of aromatic nitrogens is 4. The van der Waals surface area contributed by atoms with Crippen LogP contribution in [-0.4, -0.2) is 38.2 Å². The molecule has 0 saturated carbocycles. The third kappa shape index (κ3) is 3.09. The lowest BCUT2D eigenvalue weighted by Crippen LogP contribution is -2.36. The number of aromatic amines is 2. The number of nitrogens with zero attached hydrogens (tertiary/aromatic N) is 3. The lowest BCUT2D eigenvalue weighted by molar-refractivity contribution is 0.176. The van der Waals surface area contributed by atoms with E-state index in [4.69, 9.17) is 4.98 Å². The molecule has 1 aromatic carbocycles. The summed E-state index contributed by atoms with van der Waals surface area (Å²) in [5.41, 5.74) is 8.47. The Hall–Kier alpha value is -2.14. The van der Waals surface area contributed by atoms with Crippen molar-refractivity contribution in [2.75, 3.05) is 13.1 Å². The molecule has 5 heteroatoms. The van der Waals surface area contributed by atoms with Gasteiger partial charge < -0.3 is 4.98 Å². The van der Waals surface area contributed by atoms with Crippen LogP contribution in [0.5, 0.6) is 0 Å². The Morgan fingerprint density at radius 3 is 2.68 bits per heavy atom. The summed E-state index contributed by atoms with van der Waals surface area (Å²) in [5.74, 6) is 0.870. The second kappa shape index (κ2) is 5.70. The van der Waals surface area contributed by atoms with Gasteiger partial charge in [0, 0.05) is 37.3 Å². The third-order valence-electron chi connectivity index (χ3n) is 5.03. The Morgan fingerprint density at radius 1 is 1.16 bits per heavy atom. The molecule has 0 atom stereocenters. The number of nitrogens with one attached hydrogen (secondary N) is 2. The molecule has 0 amide bonds. The zero-order valence-corrected chi connectivity index (χ0v) is 15.8. The minimum Gasteiger partial charge on any atom is -0.337 e. The van der Waals surface area contributed by atoms with Crippen molar-refractivity contribution in [3.8, 4) is 11.5 Å². The van der Waals surface area contributed by atoms with E-state index in [1.54, 1.807) is 0 Å². The van der Waals surface area contributed by atoms with E-state index in [1.807, 2.05) is 0 Å². The first-order valence-corrected chi connectivity index (χ1v) is 9.06. The molecule has 3 heterocycles. The molecule has 5 nitrogen and oxygen atoms in total. The molecular weight excluding hydrogens is 310 g/mol. The molecule has 2 aromatic heterocycles. The minimum atomic E-state index is 0.301. The molecule has 3 aromatic rings. The highest BCUT2D eigenvalue weighted by atomic mass is 15.2. The molecule has 1 aliphatic heterocycles. The summed E-state index contributed by atoms with van der Waals surface area (Å²) >= 11 is 0. The summed E-state index contributed by atoms with van der Waals surface area (Å²) < 4.78 is 0. The van der Waals surface area contributed by atoms with Crippen LogP contribution in [0.2, 0.25) is 0 Å². The summed E-state index contributed by atoms with van der Waals surface area (Å²) in [6.45, 7) is 14.3. The van der Waals surface area contributed by atoms with E-state index < -0.39 is 0 Å². The number of hydrogen-bond donors (Lipinski definition) is 2. The summed E-state index contributed by atoms with van der Waals surface area (Å²) in [6.07, 6.45) is 1.02. The van der Waals surface area contributed by atoms with Gasteiger partial charge in [0.2, 0.25) is 0 Å². The van der Waals surface area contributed by atoms with Gasteiger partial charge in [-0.1, -0.05) is 20.8 Å². The normalized spacial score (nSPS) is 15.7. The Morgan fingerprint density at radius 2 is 1.92 bits per heavy atom. The van der Waals surface area contributed by atoms with Gasteiger partial charge in [-0.3, -0.25) is 10.00 Å². The van der Waals surface area contributed by atoms with Crippen LogP contribution in [0.4, 0.5) is 0 Å². The molecule has 0 bridgehead atoms. The number of fused-ring (bicyclic) bond motifs is 2. The van der Waals surface area contributed by atoms with Gasteiger partial charge in [0.15, 0.2) is 5.82 Å². The highest BCUT2D eigenvalue weighted by Gasteiger charge is 2.26. The fourth-order valence-corrected chi connectivity index (χ4v) is 3.73. The van der Waals surface area contributed by atoms with Gasteiger partial charge in [-0.05, 0) is 42.5 Å². The van der Waals surface area contributed by atoms with Crippen LogP contribution < -0.4 is 0 Å². The Kier molecular flexibility index (Phi) is 3.72. The summed E-state index contributed by atoms with van der Waals surface area (Å²) in [6, 6.07) is 4.32. The number of hydrogen-bond acceptors (Lipinski definition) is 3. The van der Waals surface area contributed by atoms with Crippen LogP contribution in [0.25, 0.3) is 22.6 Å². The second-order valence-corrected chi connectivity index (χ2v) is 8.59. The molecule has 2 N–H and O–H groups in total. The Bertz CT molecular complexity index is 887. The van der Waals surface area contributed by atoms with E-state index >= 15 is 0 Å². The lowest BCUT2D eigenvalue weighted by Gasteiger charge is -2.32. The minimum absolute atomic E-state index is 0.301. The zero-order valence-electron chi connectivity index (χ0n) is 15.8. The topological polar surface area (TPSA) is 60.6 Å². The van der Waals surface area contributed by atoms with Gasteiger partial charge in [-0.15, -0.1) is 0 Å². The van der Waals surface area contributed by atoms with Crippen molar-refractivity contribution in [2.45, 2.75) is 47.6 Å². The number of benzene rings is 1. The van der Waals surface area contributed by atoms with Crippen LogP contribution in [0.3, 0.4) is 0 Å². The average Bonchev–Trinajstić information content (AvgIpc) is 3.09. The smallest absolute Gasteiger partial charge is 0.159 e. The molecule has 25 heavy (non-hydrogen) atoms. The monoisotopic (exact) mass is 337 g/mol. The second-order valence-electron chi connectivity index (χ2n) is 8.59. The molecule has 0 radical (unpaired) electrons. The molecule has 0 spiro atoms. The van der Waals surface area contributed by atoms with Gasteiger partial charge in [0.05, 0.1) is 11.0 Å². The quantitative estimate of drug-likeness (QED) is 0.744. The van der Waals surface area contributed by atoms with E-state index in [-0.39, 0.29) is 0 Å². The summed E-state index contributed by atoms with van der Waals surface area (Å²) in [5, 5.41) is 7.83. The Balaban J connectivity index is 1.70. The largest absolute Gasteiger partial charge is 0.337 e. The molecule has 0 saturated heterocycles. The van der Waals surface area contributed by atoms with Gasteiger partial charge in [0.25, 0.3) is 0 Å². The predicted molar refractivity (Wildman–Crippen MR) is 102 cm³/mol. The summed E-state index contributed by atoms with van der Waals surface area (Å²) in [4.78, 5) is 10.8. The first-order chi connectivity index (χ1) is 11.8. The zero-order chi connectivity index (χ0) is 17.8. The van der Waals surface area contributed by atoms with Gasteiger partial charge >= 0.3 is 0 Å². The van der Waals surface area contributed by atoms with Crippen LogP contribution in [0.15, 0.2) is 12.1 Å². The van der Waals surface area contributed by atoms with Crippen LogP contribution in [0.1, 0.15) is 43.2 Å². The van der Waals surface area contributed by atoms with Gasteiger partial charge in [-0.2, -0.15) is 5.10 Å². The van der Waals surface area contributed by atoms with Crippen LogP contribution in [0, 0.1) is 19.3 Å². The van der Waals surface area contributed by atoms with E-state index in [9.17, 15) is 0 Å². The van der Waals surface area contributed by atoms with Crippen molar-refractivity contribution in [3.05, 3.63) is 34.5 Å². The number of aryl methyl sites for hydroxylation is 2. The number of rotatable bonds is 2. The first kappa shape index (κ1) is 16.3. The maximum Gasteiger partial charge on any atom is 0.159 e. The van der Waals surface area contributed by atoms with E-state index in [2.05, 4.69) is 66.8 Å². The molecule has 132 valence electrons. The molecular formula is C20H27N5. The standard InChI is InChI=1S/C20H27N5/c1-12-8-16-17(9-13(12)2)22-19(21-16)18-14-10-25(11-20(3,4)5)7-6-15(14)23-24-18/h8-9H,6-7,10-11H2,1-5H3,(H,21,22)(H,23,24). The van der Waals surface area contributed by atoms with Crippen molar-refractivity contribution in [1.29, 1.82) is 0 Å². The van der Waals surface area contributed by atoms with E-state index in [0.717, 1.165) is 48.6 Å². The van der Waals surface area contributed by atoms with E-state index in [1.165, 1.54) is 22.4 Å². The van der Waals surface area contributed by atoms with Gasteiger partial charge in [0.1, 0.15) is 5.69 Å². The predicted octanol–water partition coefficient (Wildman–Crippen LogP) is 3.97. The molecule has 4 rings (SSSR count). The van der Waals surface area contributed by atoms with Crippen molar-refractivity contribution >= 4 is 11.0 Å². The fourth-order valence-electron chi connectivity index (χ4n) is 3.73. The maximum absolute atomic E-state index is 4.81. The van der Waals surface area contributed by atoms with Crippen LogP contribution >= 0.6 is 0 Å². The molecule has 0 unspecified atom stereocenters. The third-order valence-corrected chi connectivity index (χ3v) is 5.03. The van der Waals surface area contributed by atoms with Crippen molar-refractivity contribution in [2.24, 2.45) is 5.41 Å². The fraction of sp³-hybridized carbons (Fsp3) is 0.500. The van der Waals surface area contributed by atoms with Crippen molar-refractivity contribution in [1.82, 2.24) is 25.1 Å². The lowest BCUT2D eigenvalue weighted by atomic mass is 9.94. The molecule has 0 aliphatic carbocycles. The number of H-pyrrole nitrogens is 2. The van der Waals surface area contributed by atoms with E-state index in [0.29, 0.717) is 5.41 Å². The highest BCUT2D eigenvalue weighted by Crippen LogP contribution is 2.30. The molecule has 0 fully saturated rings. The van der Waals surface area contributed by atoms with Crippen molar-refractivity contribution < 1.29 is 0 Å². The maximum atomic E-state index is 4.81. The first-order valence-electron chi connectivity index (χ1n) is 9.06. The summed E-state index contributed by atoms with van der Waals surface area (Å²) in [7, 11) is 0. The van der Waals surface area contributed by atoms with Gasteiger partial charge in [-0.25, -0.2) is 4.98 Å². The SMILES string of the molecule is Cc1cc2nc(-c3n[nH]c4c3CN(CC(C)(C)C)CC4)[nH]c2cc1C. The molecule has 1 aliphatic rings.